The number of rotatable bonds is 9. The average Bonchev–Trinajstić information content (AvgIpc) is 2.82. The number of methoxy groups -OCH3 is 2. The predicted octanol–water partition coefficient (Wildman–Crippen LogP) is 3.83. The van der Waals surface area contributed by atoms with Crippen molar-refractivity contribution in [3.05, 3.63) is 83.4 Å². The molecule has 0 spiro atoms. The summed E-state index contributed by atoms with van der Waals surface area (Å²) >= 11 is 0. The Labute approximate surface area is 195 Å². The van der Waals surface area contributed by atoms with Crippen LogP contribution in [0.1, 0.15) is 16.7 Å². The minimum absolute atomic E-state index is 0.00287. The molecular formula is C25H28N2O5S. The average molecular weight is 469 g/mol. The molecule has 0 atom stereocenters. The van der Waals surface area contributed by atoms with E-state index in [2.05, 4.69) is 5.32 Å². The summed E-state index contributed by atoms with van der Waals surface area (Å²) in [6, 6.07) is 19.2. The van der Waals surface area contributed by atoms with Gasteiger partial charge in [0.05, 0.1) is 19.9 Å². The smallest absolute Gasteiger partial charge is 0.268 e. The summed E-state index contributed by atoms with van der Waals surface area (Å²) < 4.78 is 39.1. The molecule has 0 fully saturated rings. The molecule has 7 nitrogen and oxygen atoms in total. The van der Waals surface area contributed by atoms with Crippen molar-refractivity contribution in [1.29, 1.82) is 0 Å². The van der Waals surface area contributed by atoms with Crippen molar-refractivity contribution in [3.63, 3.8) is 0 Å². The van der Waals surface area contributed by atoms with Gasteiger partial charge in [0.1, 0.15) is 22.9 Å². The SMILES string of the molecule is COc1ccccc1CNC(=O)CN(c1ccc(C)cc1)S(=O)(=O)c1cc(C)ccc1OC. The van der Waals surface area contributed by atoms with Crippen LogP contribution in [0.3, 0.4) is 0 Å². The number of benzene rings is 3. The van der Waals surface area contributed by atoms with Gasteiger partial charge < -0.3 is 14.8 Å². The van der Waals surface area contributed by atoms with Gasteiger partial charge in [0.15, 0.2) is 0 Å². The number of anilines is 1. The Kier molecular flexibility index (Phi) is 7.60. The Morgan fingerprint density at radius 3 is 2.18 bits per heavy atom. The molecule has 0 aliphatic carbocycles. The van der Waals surface area contributed by atoms with Crippen LogP contribution in [0, 0.1) is 13.8 Å². The van der Waals surface area contributed by atoms with E-state index in [-0.39, 0.29) is 17.2 Å². The molecule has 0 heterocycles. The van der Waals surface area contributed by atoms with Gasteiger partial charge in [-0.15, -0.1) is 0 Å². The summed E-state index contributed by atoms with van der Waals surface area (Å²) in [4.78, 5) is 12.9. The van der Waals surface area contributed by atoms with Crippen LogP contribution in [-0.2, 0) is 21.4 Å². The number of ether oxygens (including phenoxy) is 2. The second kappa shape index (κ2) is 10.4. The molecule has 0 unspecified atom stereocenters. The normalized spacial score (nSPS) is 11.0. The molecule has 8 heteroatoms. The molecule has 0 aliphatic rings. The number of sulfonamides is 1. The molecule has 0 aromatic heterocycles. The molecule has 174 valence electrons. The predicted molar refractivity (Wildman–Crippen MR) is 128 cm³/mol. The summed E-state index contributed by atoms with van der Waals surface area (Å²) in [5.41, 5.74) is 2.92. The van der Waals surface area contributed by atoms with Crippen LogP contribution in [0.2, 0.25) is 0 Å². The van der Waals surface area contributed by atoms with Crippen LogP contribution in [0.4, 0.5) is 5.69 Å². The zero-order valence-electron chi connectivity index (χ0n) is 19.2. The first-order valence-corrected chi connectivity index (χ1v) is 11.8. The summed E-state index contributed by atoms with van der Waals surface area (Å²) in [6.07, 6.45) is 0. The standard InChI is InChI=1S/C25H28N2O5S/c1-18-9-12-21(13-10-18)27(33(29,30)24-15-19(2)11-14-23(24)32-4)17-25(28)26-16-20-7-5-6-8-22(20)31-3/h5-15H,16-17H2,1-4H3,(H,26,28). The molecule has 1 amide bonds. The fourth-order valence-corrected chi connectivity index (χ4v) is 5.02. The molecule has 3 aromatic rings. The van der Waals surface area contributed by atoms with E-state index in [1.165, 1.54) is 7.11 Å². The third kappa shape index (κ3) is 5.64. The topological polar surface area (TPSA) is 84.9 Å². The molecule has 3 rings (SSSR count). The molecule has 0 bridgehead atoms. The summed E-state index contributed by atoms with van der Waals surface area (Å²) in [5, 5.41) is 2.79. The van der Waals surface area contributed by atoms with Crippen molar-refractivity contribution < 1.29 is 22.7 Å². The van der Waals surface area contributed by atoms with E-state index in [9.17, 15) is 13.2 Å². The van der Waals surface area contributed by atoms with Gasteiger partial charge in [0, 0.05) is 12.1 Å². The van der Waals surface area contributed by atoms with Gasteiger partial charge in [-0.2, -0.15) is 0 Å². The first kappa shape index (κ1) is 24.1. The number of carbonyl (C=O) groups is 1. The third-order valence-corrected chi connectivity index (χ3v) is 6.96. The minimum Gasteiger partial charge on any atom is -0.496 e. The van der Waals surface area contributed by atoms with E-state index in [0.717, 1.165) is 21.0 Å². The van der Waals surface area contributed by atoms with Gasteiger partial charge >= 0.3 is 0 Å². The lowest BCUT2D eigenvalue weighted by atomic mass is 10.2. The van der Waals surface area contributed by atoms with Crippen molar-refractivity contribution in [2.45, 2.75) is 25.3 Å². The number of amides is 1. The van der Waals surface area contributed by atoms with Crippen LogP contribution in [-0.4, -0.2) is 35.1 Å². The van der Waals surface area contributed by atoms with Crippen LogP contribution in [0.15, 0.2) is 71.6 Å². The zero-order valence-corrected chi connectivity index (χ0v) is 20.0. The van der Waals surface area contributed by atoms with Crippen molar-refractivity contribution in [1.82, 2.24) is 5.32 Å². The first-order chi connectivity index (χ1) is 15.8. The minimum atomic E-state index is -4.10. The maximum atomic E-state index is 13.7. The number of hydrogen-bond donors (Lipinski definition) is 1. The molecule has 0 saturated carbocycles. The molecule has 33 heavy (non-hydrogen) atoms. The quantitative estimate of drug-likeness (QED) is 0.516. The number of nitrogens with zero attached hydrogens (tertiary/aromatic N) is 1. The Bertz CT molecular complexity index is 1220. The fraction of sp³-hybridized carbons (Fsp3) is 0.240. The van der Waals surface area contributed by atoms with Gasteiger partial charge in [0.2, 0.25) is 5.91 Å². The molecule has 3 aromatic carbocycles. The molecule has 0 aliphatic heterocycles. The van der Waals surface area contributed by atoms with E-state index in [0.29, 0.717) is 11.4 Å². The van der Waals surface area contributed by atoms with E-state index in [1.807, 2.05) is 25.1 Å². The fourth-order valence-electron chi connectivity index (χ4n) is 3.36. The summed E-state index contributed by atoms with van der Waals surface area (Å²) in [7, 11) is -1.13. The second-order valence-corrected chi connectivity index (χ2v) is 9.42. The highest BCUT2D eigenvalue weighted by Gasteiger charge is 2.30. The summed E-state index contributed by atoms with van der Waals surface area (Å²) in [5.74, 6) is 0.411. The van der Waals surface area contributed by atoms with Crippen molar-refractivity contribution in [2.24, 2.45) is 0 Å². The van der Waals surface area contributed by atoms with Crippen LogP contribution >= 0.6 is 0 Å². The lowest BCUT2D eigenvalue weighted by Crippen LogP contribution is -2.40. The van der Waals surface area contributed by atoms with E-state index in [1.54, 1.807) is 62.6 Å². The lowest BCUT2D eigenvalue weighted by Gasteiger charge is -2.25. The summed E-state index contributed by atoms with van der Waals surface area (Å²) in [6.45, 7) is 3.52. The Hall–Kier alpha value is -3.52. The van der Waals surface area contributed by atoms with Crippen LogP contribution < -0.4 is 19.1 Å². The van der Waals surface area contributed by atoms with Crippen molar-refractivity contribution in [3.8, 4) is 11.5 Å². The highest BCUT2D eigenvalue weighted by atomic mass is 32.2. The number of nitrogens with one attached hydrogen (secondary N) is 1. The Balaban J connectivity index is 1.93. The van der Waals surface area contributed by atoms with E-state index >= 15 is 0 Å². The van der Waals surface area contributed by atoms with Crippen molar-refractivity contribution >= 4 is 21.6 Å². The van der Waals surface area contributed by atoms with Gasteiger partial charge in [-0.05, 0) is 49.7 Å². The van der Waals surface area contributed by atoms with E-state index < -0.39 is 22.5 Å². The third-order valence-electron chi connectivity index (χ3n) is 5.16. The zero-order chi connectivity index (χ0) is 24.0. The molecule has 0 saturated heterocycles. The van der Waals surface area contributed by atoms with Crippen LogP contribution in [0.25, 0.3) is 0 Å². The molecule has 0 radical (unpaired) electrons. The van der Waals surface area contributed by atoms with Crippen molar-refractivity contribution in [2.75, 3.05) is 25.1 Å². The second-order valence-electron chi connectivity index (χ2n) is 7.59. The van der Waals surface area contributed by atoms with E-state index in [4.69, 9.17) is 9.47 Å². The van der Waals surface area contributed by atoms with Gasteiger partial charge in [-0.3, -0.25) is 9.10 Å². The molecular weight excluding hydrogens is 440 g/mol. The Morgan fingerprint density at radius 1 is 0.879 bits per heavy atom. The largest absolute Gasteiger partial charge is 0.496 e. The van der Waals surface area contributed by atoms with Gasteiger partial charge in [0.25, 0.3) is 10.0 Å². The first-order valence-electron chi connectivity index (χ1n) is 10.4. The Morgan fingerprint density at radius 2 is 1.52 bits per heavy atom. The lowest BCUT2D eigenvalue weighted by molar-refractivity contribution is -0.119. The van der Waals surface area contributed by atoms with Crippen LogP contribution in [0.5, 0.6) is 11.5 Å². The number of hydrogen-bond acceptors (Lipinski definition) is 5. The van der Waals surface area contributed by atoms with Gasteiger partial charge in [-0.1, -0.05) is 42.0 Å². The highest BCUT2D eigenvalue weighted by Crippen LogP contribution is 2.31. The number of para-hydroxylation sites is 1. The van der Waals surface area contributed by atoms with Gasteiger partial charge in [-0.25, -0.2) is 8.42 Å². The molecule has 1 N–H and O–H groups in total. The highest BCUT2D eigenvalue weighted by molar-refractivity contribution is 7.93. The monoisotopic (exact) mass is 468 g/mol. The maximum absolute atomic E-state index is 13.7. The number of carbonyl (C=O) groups excluding carboxylic acids is 1. The maximum Gasteiger partial charge on any atom is 0.268 e. The number of aryl methyl sites for hydroxylation is 2.